The smallest absolute Gasteiger partial charge is 0.200 e. The molecule has 8 aliphatic carbocycles. The molecule has 0 bridgehead atoms. The molecule has 0 saturated heterocycles. The van der Waals surface area contributed by atoms with Gasteiger partial charge in [0.15, 0.2) is 31.0 Å². The predicted molar refractivity (Wildman–Crippen MR) is 623 cm³/mol. The van der Waals surface area contributed by atoms with Crippen LogP contribution in [0.1, 0.15) is 300 Å². The summed E-state index contributed by atoms with van der Waals surface area (Å²) < 4.78 is 137. The van der Waals surface area contributed by atoms with Gasteiger partial charge in [0.1, 0.15) is 35.2 Å². The number of hydrogen-bond donors (Lipinski definition) is 0. The monoisotopic (exact) mass is 1950 g/mol. The molecule has 8 aliphatic rings. The lowest BCUT2D eigenvalue weighted by Crippen LogP contribution is -2.49. The van der Waals surface area contributed by atoms with E-state index in [9.17, 15) is 2.74 Å². The van der Waals surface area contributed by atoms with E-state index in [1.54, 1.807) is 18.6 Å². The van der Waals surface area contributed by atoms with E-state index in [1.165, 1.54) is 227 Å². The van der Waals surface area contributed by atoms with Crippen molar-refractivity contribution in [2.45, 2.75) is 264 Å². The SMILES string of the molecule is Cc1c2c(cc3c4ccccc4c4ccc[n+](C)c4c13)Cc1ccccc1-2.[2H]C([2H])([2H])c1c[n+](C)c2c(c1C([2H])(C)C)C(C)(C)C(C)(C)c1cc3c(c(C)c1-2)-c1ccccc1C3.[2H]C([2H])([2H])c1c[n+](C)c2c(c1C([2H])([2H])C(C)(C)C)C(C)(C)C(C)(C)c1cc3c(c(C)c1-2)-c1ccccc1C3.[2H]C([2H])([2H])c1c[n+](C)c2c(c1C)C(C)(C)C(C)(C)c1cc3c(c(C)c1-2)-c1ccccc1C3.[2H]C([2H])([2H])c1cc2c3ccccc3c3cc4c(c(C)c3c2[n+](C)c1)-c1ccccc1C4. The molecular weight excluding hydrogens is 1790 g/mol. The number of hydrogen-bond acceptors (Lipinski definition) is 0. The molecule has 27 rings (SSSR count). The third-order valence-electron chi connectivity index (χ3n) is 37.4. The zero-order valence-electron chi connectivity index (χ0n) is 107. The van der Waals surface area contributed by atoms with Gasteiger partial charge in [-0.05, 0) is 364 Å². The van der Waals surface area contributed by atoms with E-state index in [-0.39, 0.29) is 32.8 Å². The Kier molecular flexibility index (Phi) is 18.8. The Morgan fingerprint density at radius 2 is 0.615 bits per heavy atom. The van der Waals surface area contributed by atoms with Crippen LogP contribution >= 0.6 is 0 Å². The second-order valence-corrected chi connectivity index (χ2v) is 48.7. The van der Waals surface area contributed by atoms with E-state index >= 15 is 0 Å². The van der Waals surface area contributed by atoms with Crippen LogP contribution in [0.15, 0.2) is 249 Å². The Morgan fingerprint density at radius 1 is 0.297 bits per heavy atom. The van der Waals surface area contributed by atoms with E-state index in [1.807, 2.05) is 102 Å². The molecule has 5 aromatic heterocycles. The van der Waals surface area contributed by atoms with Crippen LogP contribution in [0.4, 0.5) is 0 Å². The van der Waals surface area contributed by atoms with Crippen molar-refractivity contribution in [3.63, 3.8) is 0 Å². The van der Waals surface area contributed by atoms with Crippen LogP contribution in [-0.4, -0.2) is 0 Å². The minimum absolute atomic E-state index is 0.107. The Labute approximate surface area is 901 Å². The van der Waals surface area contributed by atoms with Crippen molar-refractivity contribution in [3.05, 3.63) is 405 Å². The summed E-state index contributed by atoms with van der Waals surface area (Å²) in [5.41, 5.74) is 50.0. The fraction of sp³-hybridized carbons (Fsp3) is 0.322. The molecule has 19 aromatic rings. The summed E-state index contributed by atoms with van der Waals surface area (Å²) in [6.45, 7) is 40.4. The fourth-order valence-electron chi connectivity index (χ4n) is 28.5. The molecule has 14 aromatic carbocycles. The van der Waals surface area contributed by atoms with Crippen LogP contribution in [0.2, 0.25) is 0 Å². The molecule has 0 aliphatic heterocycles. The van der Waals surface area contributed by atoms with Gasteiger partial charge in [0, 0.05) is 81.8 Å². The van der Waals surface area contributed by atoms with Gasteiger partial charge in [0.05, 0.1) is 38.2 Å². The van der Waals surface area contributed by atoms with Crippen LogP contribution in [0.5, 0.6) is 0 Å². The largest absolute Gasteiger partial charge is 0.221 e. The van der Waals surface area contributed by atoms with Crippen LogP contribution < -0.4 is 22.8 Å². The zero-order valence-corrected chi connectivity index (χ0v) is 91.9. The summed E-state index contributed by atoms with van der Waals surface area (Å²) in [6.07, 6.45) is 12.1. The van der Waals surface area contributed by atoms with Gasteiger partial charge in [0.2, 0.25) is 28.1 Å². The molecule has 0 spiro atoms. The van der Waals surface area contributed by atoms with Gasteiger partial charge in [-0.2, -0.15) is 0 Å². The first-order chi connectivity index (χ1) is 76.1. The van der Waals surface area contributed by atoms with E-state index in [0.29, 0.717) is 22.3 Å². The first-order valence-corrected chi connectivity index (χ1v) is 53.3. The molecule has 5 heteroatoms. The maximum atomic E-state index is 9.42. The van der Waals surface area contributed by atoms with E-state index in [2.05, 4.69) is 346 Å². The molecule has 742 valence electrons. The third kappa shape index (κ3) is 14.2. The predicted octanol–water partition coefficient (Wildman–Crippen LogP) is 32.8. The quantitative estimate of drug-likeness (QED) is 0.121. The number of benzene rings is 14. The van der Waals surface area contributed by atoms with Crippen molar-refractivity contribution < 1.29 is 43.4 Å². The average molecular weight is 1950 g/mol. The Hall–Kier alpha value is -13.6. The lowest BCUT2D eigenvalue weighted by molar-refractivity contribution is -0.661. The Balaban J connectivity index is 0.000000110. The van der Waals surface area contributed by atoms with Crippen molar-refractivity contribution in [3.8, 4) is 89.4 Å². The summed E-state index contributed by atoms with van der Waals surface area (Å²) in [7, 11) is 10.0. The second-order valence-electron chi connectivity index (χ2n) is 48.7. The van der Waals surface area contributed by atoms with E-state index < -0.39 is 55.9 Å². The number of nitrogens with zero attached hydrogens (tertiary/aromatic N) is 5. The highest BCUT2D eigenvalue weighted by molar-refractivity contribution is 6.27. The molecule has 0 N–H and O–H groups in total. The van der Waals surface area contributed by atoms with Crippen molar-refractivity contribution in [2.24, 2.45) is 40.7 Å². The van der Waals surface area contributed by atoms with Gasteiger partial charge in [-0.3, -0.25) is 0 Å². The van der Waals surface area contributed by atoms with Gasteiger partial charge >= 0.3 is 0 Å². The molecule has 0 unspecified atom stereocenters. The van der Waals surface area contributed by atoms with Crippen molar-refractivity contribution in [2.75, 3.05) is 0 Å². The van der Waals surface area contributed by atoms with E-state index in [4.69, 9.17) is 17.8 Å². The standard InChI is InChI=1S/C32H40N.C30H36N.C28H32N.C27H22N.C26H20N/c1-19-18-33(10)29-27-20(2)26-22(15-21-13-11-12-14-23(21)26)16-25(27)31(6,7)32(8,9)28(29)24(19)17-30(3,4)5;1-17(2)24-18(3)16-31(9)28-26-19(4)25-21(14-20-12-10-11-13-22(20)25)15-23(26)29(5,6)30(7,8)27(24)28;1-16-15-29(8)26-24-18(3)23-20(13-19-11-9-10-12-21(19)23)14-22(24)27(4,5)28(6,7)25(26)17(16)2;1-16-12-24-22-11-7-6-10-21(22)23-14-19-13-18-8-4-5-9-20(18)25(19)17(2)26(23)27(24)28(3)15-16;1-16-24-18(14-17-8-3-4-9-19(17)24)15-23-21-11-6-5-10-20(21)22-12-7-13-27(2)26(22)25(16)23/h11-14,16,18H,15,17H2,1-10H3;10-13,15-17H,14H2,1-9H3;9-12,14-15H,13H2,1-8H3;4-12,14-15H,13H2,1-3H3;3-13,15H,14H2,1-2H3/q5*+1/i1D3,17D2;3D3,17D;2*1D3;. The highest BCUT2D eigenvalue weighted by Crippen LogP contribution is 2.63. The highest BCUT2D eigenvalue weighted by atomic mass is 15.0. The lowest BCUT2D eigenvalue weighted by atomic mass is 9.54. The lowest BCUT2D eigenvalue weighted by Gasteiger charge is -2.48. The van der Waals surface area contributed by atoms with E-state index in [0.717, 1.165) is 82.0 Å². The third-order valence-corrected chi connectivity index (χ3v) is 37.4. The van der Waals surface area contributed by atoms with Gasteiger partial charge < -0.3 is 0 Å². The minimum Gasteiger partial charge on any atom is -0.200 e. The molecule has 0 amide bonds. The normalized spacial score (nSPS) is 17.6. The van der Waals surface area contributed by atoms with Gasteiger partial charge in [-0.15, -0.1) is 0 Å². The molecule has 0 atom stereocenters. The van der Waals surface area contributed by atoms with Crippen molar-refractivity contribution in [1.29, 1.82) is 0 Å². The Bertz CT molecular complexity index is 9760. The number of fused-ring (bicyclic) bond motifs is 36. The summed E-state index contributed by atoms with van der Waals surface area (Å²) in [5.74, 6) is -1.07. The van der Waals surface area contributed by atoms with Crippen LogP contribution in [0, 0.1) is 74.4 Å². The molecule has 0 saturated carbocycles. The molecule has 5 nitrogen and oxygen atoms in total. The molecule has 148 heavy (non-hydrogen) atoms. The van der Waals surface area contributed by atoms with Crippen LogP contribution in [-0.2, 0) is 106 Å². The number of aromatic nitrogens is 5. The molecule has 5 heterocycles. The van der Waals surface area contributed by atoms with Gasteiger partial charge in [0.25, 0.3) is 0 Å². The Morgan fingerprint density at radius 3 is 1.00 bits per heavy atom. The first kappa shape index (κ1) is 81.4. The van der Waals surface area contributed by atoms with Crippen molar-refractivity contribution in [1.82, 2.24) is 0 Å². The molecule has 0 fully saturated rings. The summed E-state index contributed by atoms with van der Waals surface area (Å²) in [5, 5.41) is 12.5. The topological polar surface area (TPSA) is 19.4 Å². The molecular formula is C143H150N5+5. The number of pyridine rings is 5. The summed E-state index contributed by atoms with van der Waals surface area (Å²) in [6, 6.07) is 79.0. The maximum absolute atomic E-state index is 9.42. The number of aryl methyl sites for hydroxylation is 11. The summed E-state index contributed by atoms with van der Waals surface area (Å²) >= 11 is 0. The van der Waals surface area contributed by atoms with Crippen LogP contribution in [0.25, 0.3) is 154 Å². The average Bonchev–Trinajstić information content (AvgIpc) is 1.62. The second kappa shape index (κ2) is 34.2. The fourth-order valence-corrected chi connectivity index (χ4v) is 28.5. The zero-order chi connectivity index (χ0) is 117. The number of rotatable bonds is 2. The summed E-state index contributed by atoms with van der Waals surface area (Å²) in [4.78, 5) is 0. The molecule has 0 radical (unpaired) electrons. The van der Waals surface area contributed by atoms with Crippen LogP contribution in [0.3, 0.4) is 0 Å². The highest BCUT2D eigenvalue weighted by Gasteiger charge is 2.56. The van der Waals surface area contributed by atoms with Gasteiger partial charge in [-0.25, -0.2) is 22.8 Å². The maximum Gasteiger partial charge on any atom is 0.221 e. The van der Waals surface area contributed by atoms with Gasteiger partial charge in [-0.1, -0.05) is 306 Å². The minimum atomic E-state index is -2.45. The first-order valence-electron chi connectivity index (χ1n) is 60.8. The van der Waals surface area contributed by atoms with Crippen molar-refractivity contribution >= 4 is 64.9 Å².